The van der Waals surface area contributed by atoms with Crippen molar-refractivity contribution < 1.29 is 4.79 Å². The van der Waals surface area contributed by atoms with Gasteiger partial charge in [-0.1, -0.05) is 18.9 Å². The molecule has 0 aromatic rings. The lowest BCUT2D eigenvalue weighted by molar-refractivity contribution is -0.118. The maximum atomic E-state index is 12.1. The van der Waals surface area contributed by atoms with Crippen LogP contribution in [0.25, 0.3) is 0 Å². The standard InChI is InChI=1S/C14H16N2O/c1-3-10-4-11-13(12(17)5-10)9(2)6-14(11,7-15)8-16/h10-11H,3-6H2,1-2H3/t10-,11+/m1/s1. The van der Waals surface area contributed by atoms with Crippen LogP contribution < -0.4 is 0 Å². The molecule has 0 heterocycles. The summed E-state index contributed by atoms with van der Waals surface area (Å²) in [6.45, 7) is 3.96. The number of hydrogen-bond donors (Lipinski definition) is 0. The van der Waals surface area contributed by atoms with Gasteiger partial charge < -0.3 is 0 Å². The average Bonchev–Trinajstić information content (AvgIpc) is 2.63. The Morgan fingerprint density at radius 1 is 1.41 bits per heavy atom. The predicted octanol–water partition coefficient (Wildman–Crippen LogP) is 2.75. The van der Waals surface area contributed by atoms with Crippen molar-refractivity contribution in [3.8, 4) is 12.1 Å². The second-order valence-corrected chi connectivity index (χ2v) is 5.26. The van der Waals surface area contributed by atoms with E-state index in [9.17, 15) is 15.3 Å². The fourth-order valence-electron chi connectivity index (χ4n) is 3.29. The summed E-state index contributed by atoms with van der Waals surface area (Å²) in [6, 6.07) is 4.33. The molecule has 2 rings (SSSR count). The summed E-state index contributed by atoms with van der Waals surface area (Å²) < 4.78 is 0. The van der Waals surface area contributed by atoms with Crippen molar-refractivity contribution in [2.45, 2.75) is 39.5 Å². The van der Waals surface area contributed by atoms with E-state index in [4.69, 9.17) is 0 Å². The first kappa shape index (κ1) is 11.9. The summed E-state index contributed by atoms with van der Waals surface area (Å²) >= 11 is 0. The minimum atomic E-state index is -0.983. The quantitative estimate of drug-likeness (QED) is 0.693. The lowest BCUT2D eigenvalue weighted by Crippen LogP contribution is -2.33. The monoisotopic (exact) mass is 228 g/mol. The van der Waals surface area contributed by atoms with E-state index in [2.05, 4.69) is 19.1 Å². The zero-order valence-electron chi connectivity index (χ0n) is 10.3. The second-order valence-electron chi connectivity index (χ2n) is 5.26. The van der Waals surface area contributed by atoms with E-state index in [0.717, 1.165) is 24.0 Å². The van der Waals surface area contributed by atoms with Gasteiger partial charge in [-0.2, -0.15) is 10.5 Å². The summed E-state index contributed by atoms with van der Waals surface area (Å²) in [7, 11) is 0. The lowest BCUT2D eigenvalue weighted by Gasteiger charge is -2.32. The zero-order chi connectivity index (χ0) is 12.6. The third kappa shape index (κ3) is 1.58. The van der Waals surface area contributed by atoms with E-state index in [1.165, 1.54) is 0 Å². The summed E-state index contributed by atoms with van der Waals surface area (Å²) in [5, 5.41) is 18.6. The SMILES string of the molecule is CC[C@H]1CC(=O)C2=C(C)CC(C#N)(C#N)[C@H]2C1. The Kier molecular flexibility index (Phi) is 2.79. The van der Waals surface area contributed by atoms with E-state index >= 15 is 0 Å². The van der Waals surface area contributed by atoms with Gasteiger partial charge in [-0.05, 0) is 24.8 Å². The molecule has 0 saturated heterocycles. The van der Waals surface area contributed by atoms with Crippen LogP contribution in [-0.4, -0.2) is 5.78 Å². The van der Waals surface area contributed by atoms with Gasteiger partial charge in [0.25, 0.3) is 0 Å². The first-order valence-corrected chi connectivity index (χ1v) is 6.13. The topological polar surface area (TPSA) is 64.7 Å². The summed E-state index contributed by atoms with van der Waals surface area (Å²) in [4.78, 5) is 12.1. The summed E-state index contributed by atoms with van der Waals surface area (Å²) in [6.07, 6.45) is 2.80. The van der Waals surface area contributed by atoms with Crippen LogP contribution in [0.1, 0.15) is 39.5 Å². The minimum Gasteiger partial charge on any atom is -0.295 e. The van der Waals surface area contributed by atoms with Crippen molar-refractivity contribution in [3.05, 3.63) is 11.1 Å². The van der Waals surface area contributed by atoms with Crippen molar-refractivity contribution in [1.82, 2.24) is 0 Å². The number of nitriles is 2. The number of rotatable bonds is 1. The number of Topliss-reactive ketones (excluding diaryl/α,β-unsaturated/α-hetero) is 1. The first-order valence-electron chi connectivity index (χ1n) is 6.13. The molecule has 2 aliphatic carbocycles. The fourth-order valence-corrected chi connectivity index (χ4v) is 3.29. The van der Waals surface area contributed by atoms with Gasteiger partial charge in [-0.15, -0.1) is 0 Å². The highest BCUT2D eigenvalue weighted by molar-refractivity contribution is 5.98. The number of nitrogens with zero attached hydrogens (tertiary/aromatic N) is 2. The first-order chi connectivity index (χ1) is 8.07. The van der Waals surface area contributed by atoms with Crippen LogP contribution in [0.15, 0.2) is 11.1 Å². The summed E-state index contributed by atoms with van der Waals surface area (Å²) in [5.74, 6) is 0.352. The van der Waals surface area contributed by atoms with Gasteiger partial charge in [0.2, 0.25) is 0 Å². The number of ketones is 1. The molecule has 1 fully saturated rings. The molecule has 1 saturated carbocycles. The van der Waals surface area contributed by atoms with Crippen LogP contribution in [0, 0.1) is 39.9 Å². The van der Waals surface area contributed by atoms with Crippen molar-refractivity contribution >= 4 is 5.78 Å². The molecule has 0 aromatic heterocycles. The maximum Gasteiger partial charge on any atom is 0.159 e. The van der Waals surface area contributed by atoms with Crippen molar-refractivity contribution in [2.24, 2.45) is 17.3 Å². The number of carbonyl (C=O) groups excluding carboxylic acids is 1. The van der Waals surface area contributed by atoms with Crippen LogP contribution >= 0.6 is 0 Å². The van der Waals surface area contributed by atoms with E-state index in [0.29, 0.717) is 18.8 Å². The lowest BCUT2D eigenvalue weighted by atomic mass is 9.67. The van der Waals surface area contributed by atoms with Crippen LogP contribution in [0.3, 0.4) is 0 Å². The highest BCUT2D eigenvalue weighted by atomic mass is 16.1. The molecule has 0 bridgehead atoms. The van der Waals surface area contributed by atoms with E-state index in [1.807, 2.05) is 6.92 Å². The third-order valence-electron chi connectivity index (χ3n) is 4.27. The number of hydrogen-bond acceptors (Lipinski definition) is 3. The molecule has 3 nitrogen and oxygen atoms in total. The molecule has 17 heavy (non-hydrogen) atoms. The fraction of sp³-hybridized carbons (Fsp3) is 0.643. The Bertz CT molecular complexity index is 461. The van der Waals surface area contributed by atoms with Crippen LogP contribution in [0.2, 0.25) is 0 Å². The van der Waals surface area contributed by atoms with E-state index < -0.39 is 5.41 Å². The smallest absolute Gasteiger partial charge is 0.159 e. The molecule has 0 aliphatic heterocycles. The highest BCUT2D eigenvalue weighted by Crippen LogP contribution is 2.52. The Morgan fingerprint density at radius 3 is 2.59 bits per heavy atom. The molecule has 0 aromatic carbocycles. The van der Waals surface area contributed by atoms with Gasteiger partial charge in [0.05, 0.1) is 12.1 Å². The van der Waals surface area contributed by atoms with Gasteiger partial charge >= 0.3 is 0 Å². The van der Waals surface area contributed by atoms with Crippen LogP contribution in [0.5, 0.6) is 0 Å². The Labute approximate surface area is 102 Å². The molecule has 3 heteroatoms. The molecule has 2 atom stereocenters. The van der Waals surface area contributed by atoms with Gasteiger partial charge in [0.1, 0.15) is 0 Å². The largest absolute Gasteiger partial charge is 0.295 e. The van der Waals surface area contributed by atoms with Crippen LogP contribution in [-0.2, 0) is 4.79 Å². The number of fused-ring (bicyclic) bond motifs is 1. The van der Waals surface area contributed by atoms with E-state index in [1.54, 1.807) is 0 Å². The molecule has 2 aliphatic rings. The Morgan fingerprint density at radius 2 is 2.06 bits per heavy atom. The predicted molar refractivity (Wildman–Crippen MR) is 62.5 cm³/mol. The Hall–Kier alpha value is -1.61. The molecule has 0 amide bonds. The van der Waals surface area contributed by atoms with Gasteiger partial charge in [0.15, 0.2) is 11.2 Å². The average molecular weight is 228 g/mol. The normalized spacial score (nSPS) is 30.7. The van der Waals surface area contributed by atoms with Crippen molar-refractivity contribution in [3.63, 3.8) is 0 Å². The van der Waals surface area contributed by atoms with Gasteiger partial charge in [-0.25, -0.2) is 0 Å². The van der Waals surface area contributed by atoms with Gasteiger partial charge in [-0.3, -0.25) is 4.79 Å². The molecular weight excluding hydrogens is 212 g/mol. The number of carbonyl (C=O) groups is 1. The highest BCUT2D eigenvalue weighted by Gasteiger charge is 2.51. The molecule has 0 spiro atoms. The maximum absolute atomic E-state index is 12.1. The third-order valence-corrected chi connectivity index (χ3v) is 4.27. The van der Waals surface area contributed by atoms with E-state index in [-0.39, 0.29) is 11.7 Å². The summed E-state index contributed by atoms with van der Waals surface area (Å²) in [5.41, 5.74) is 0.763. The molecule has 0 N–H and O–H groups in total. The zero-order valence-corrected chi connectivity index (χ0v) is 10.3. The minimum absolute atomic E-state index is 0.149. The van der Waals surface area contributed by atoms with Gasteiger partial charge in [0, 0.05) is 18.8 Å². The number of allylic oxidation sites excluding steroid dienone is 2. The van der Waals surface area contributed by atoms with Crippen LogP contribution in [0.4, 0.5) is 0 Å². The molecule has 88 valence electrons. The van der Waals surface area contributed by atoms with Crippen molar-refractivity contribution in [2.75, 3.05) is 0 Å². The molecule has 0 unspecified atom stereocenters. The molecule has 0 radical (unpaired) electrons. The second kappa shape index (κ2) is 4.00. The van der Waals surface area contributed by atoms with Crippen molar-refractivity contribution in [1.29, 1.82) is 10.5 Å². The Balaban J connectivity index is 2.44. The molecular formula is C14H16N2O.